The number of H-pyrrole nitrogens is 1. The van der Waals surface area contributed by atoms with Crippen molar-refractivity contribution in [3.8, 4) is 0 Å². The molecule has 1 aromatic carbocycles. The Morgan fingerprint density at radius 2 is 2.05 bits per heavy atom. The van der Waals surface area contributed by atoms with Crippen molar-refractivity contribution in [2.24, 2.45) is 0 Å². The maximum atomic E-state index is 11.8. The van der Waals surface area contributed by atoms with E-state index in [-0.39, 0.29) is 5.56 Å². The van der Waals surface area contributed by atoms with Crippen LogP contribution in [0.25, 0.3) is 0 Å². The van der Waals surface area contributed by atoms with E-state index >= 15 is 0 Å². The van der Waals surface area contributed by atoms with Crippen LogP contribution in [0, 0.1) is 0 Å². The molecule has 0 spiro atoms. The molecule has 1 fully saturated rings. The van der Waals surface area contributed by atoms with Crippen LogP contribution < -0.4 is 16.2 Å². The van der Waals surface area contributed by atoms with Crippen molar-refractivity contribution < 1.29 is 0 Å². The van der Waals surface area contributed by atoms with Gasteiger partial charge in [0.25, 0.3) is 5.56 Å². The van der Waals surface area contributed by atoms with Crippen molar-refractivity contribution in [2.45, 2.75) is 32.2 Å². The molecule has 110 valence electrons. The average molecular weight is 284 g/mol. The summed E-state index contributed by atoms with van der Waals surface area (Å²) in [6, 6.07) is 9.38. The summed E-state index contributed by atoms with van der Waals surface area (Å²) in [5.74, 6) is 2.01. The second-order valence-electron chi connectivity index (χ2n) is 5.52. The molecule has 1 aromatic heterocycles. The van der Waals surface area contributed by atoms with E-state index in [0.29, 0.717) is 5.92 Å². The SMILES string of the molecule is CCN(Cc1ccc(N)cc1)c1cc(=O)[nH]c(C2CC2)n1. The van der Waals surface area contributed by atoms with Crippen LogP contribution in [0.1, 0.15) is 37.1 Å². The van der Waals surface area contributed by atoms with Gasteiger partial charge in [-0.1, -0.05) is 12.1 Å². The highest BCUT2D eigenvalue weighted by atomic mass is 16.1. The van der Waals surface area contributed by atoms with Gasteiger partial charge in [-0.05, 0) is 37.5 Å². The molecular formula is C16H20N4O. The molecule has 0 saturated heterocycles. The maximum Gasteiger partial charge on any atom is 0.252 e. The third kappa shape index (κ3) is 3.24. The summed E-state index contributed by atoms with van der Waals surface area (Å²) in [6.07, 6.45) is 2.24. The maximum absolute atomic E-state index is 11.8. The van der Waals surface area contributed by atoms with Crippen LogP contribution in [0.5, 0.6) is 0 Å². The lowest BCUT2D eigenvalue weighted by Gasteiger charge is -2.22. The number of hydrogen-bond donors (Lipinski definition) is 2. The number of benzene rings is 1. The van der Waals surface area contributed by atoms with Gasteiger partial charge in [-0.25, -0.2) is 4.98 Å². The molecule has 1 saturated carbocycles. The van der Waals surface area contributed by atoms with Crippen molar-refractivity contribution in [1.82, 2.24) is 9.97 Å². The summed E-state index contributed by atoms with van der Waals surface area (Å²) in [5, 5.41) is 0. The fourth-order valence-electron chi connectivity index (χ4n) is 2.37. The van der Waals surface area contributed by atoms with Gasteiger partial charge in [0.1, 0.15) is 11.6 Å². The number of nitrogens with one attached hydrogen (secondary N) is 1. The molecule has 21 heavy (non-hydrogen) atoms. The first kappa shape index (κ1) is 13.7. The predicted octanol–water partition coefficient (Wildman–Crippen LogP) is 2.26. The molecule has 0 atom stereocenters. The summed E-state index contributed by atoms with van der Waals surface area (Å²) in [6.45, 7) is 3.58. The number of hydrogen-bond acceptors (Lipinski definition) is 4. The Kier molecular flexibility index (Phi) is 3.64. The van der Waals surface area contributed by atoms with Crippen LogP contribution in [0.2, 0.25) is 0 Å². The van der Waals surface area contributed by atoms with Gasteiger partial charge in [0.05, 0.1) is 0 Å². The van der Waals surface area contributed by atoms with E-state index in [1.165, 1.54) is 0 Å². The standard InChI is InChI=1S/C16H20N4O/c1-2-20(10-11-3-7-13(17)8-4-11)14-9-15(21)19-16(18-14)12-5-6-12/h3-4,7-9,12H,2,5-6,10,17H2,1H3,(H,18,19,21). The molecule has 0 unspecified atom stereocenters. The first-order valence-corrected chi connectivity index (χ1v) is 7.36. The predicted molar refractivity (Wildman–Crippen MR) is 84.4 cm³/mol. The Labute approximate surface area is 123 Å². The van der Waals surface area contributed by atoms with E-state index in [0.717, 1.165) is 48.8 Å². The Morgan fingerprint density at radius 3 is 2.67 bits per heavy atom. The van der Waals surface area contributed by atoms with Crippen LogP contribution >= 0.6 is 0 Å². The van der Waals surface area contributed by atoms with E-state index in [1.807, 2.05) is 24.3 Å². The molecule has 0 amide bonds. The fraction of sp³-hybridized carbons (Fsp3) is 0.375. The van der Waals surface area contributed by atoms with E-state index < -0.39 is 0 Å². The van der Waals surface area contributed by atoms with Crippen LogP contribution in [-0.2, 0) is 6.54 Å². The number of nitrogen functional groups attached to an aromatic ring is 1. The summed E-state index contributed by atoms with van der Waals surface area (Å²) >= 11 is 0. The van der Waals surface area contributed by atoms with Crippen molar-refractivity contribution >= 4 is 11.5 Å². The molecule has 3 rings (SSSR count). The van der Waals surface area contributed by atoms with Crippen LogP contribution in [0.15, 0.2) is 35.1 Å². The normalized spacial score (nSPS) is 14.1. The number of anilines is 2. The van der Waals surface area contributed by atoms with Gasteiger partial charge in [0, 0.05) is 30.8 Å². The highest BCUT2D eigenvalue weighted by Gasteiger charge is 2.26. The zero-order chi connectivity index (χ0) is 14.8. The lowest BCUT2D eigenvalue weighted by molar-refractivity contribution is 0.790. The smallest absolute Gasteiger partial charge is 0.252 e. The number of aromatic nitrogens is 2. The number of nitrogens with two attached hydrogens (primary N) is 1. The van der Waals surface area contributed by atoms with Crippen LogP contribution in [0.4, 0.5) is 11.5 Å². The quantitative estimate of drug-likeness (QED) is 0.826. The lowest BCUT2D eigenvalue weighted by Crippen LogP contribution is -2.26. The second-order valence-corrected chi connectivity index (χ2v) is 5.52. The minimum Gasteiger partial charge on any atom is -0.399 e. The molecule has 1 aliphatic rings. The third-order valence-electron chi connectivity index (χ3n) is 3.77. The van der Waals surface area contributed by atoms with Crippen molar-refractivity contribution in [2.75, 3.05) is 17.2 Å². The highest BCUT2D eigenvalue weighted by Crippen LogP contribution is 2.37. The first-order chi connectivity index (χ1) is 10.2. The van der Waals surface area contributed by atoms with E-state index in [9.17, 15) is 4.79 Å². The van der Waals surface area contributed by atoms with Crippen LogP contribution in [-0.4, -0.2) is 16.5 Å². The topological polar surface area (TPSA) is 75.0 Å². The Bertz CT molecular complexity index is 673. The largest absolute Gasteiger partial charge is 0.399 e. The van der Waals surface area contributed by atoms with Gasteiger partial charge in [0.2, 0.25) is 0 Å². The molecule has 1 aliphatic carbocycles. The molecule has 5 heteroatoms. The molecular weight excluding hydrogens is 264 g/mol. The summed E-state index contributed by atoms with van der Waals surface area (Å²) < 4.78 is 0. The summed E-state index contributed by atoms with van der Waals surface area (Å²) in [5.41, 5.74) is 7.55. The molecule has 0 aliphatic heterocycles. The lowest BCUT2D eigenvalue weighted by atomic mass is 10.2. The van der Waals surface area contributed by atoms with Gasteiger partial charge < -0.3 is 15.6 Å². The Balaban J connectivity index is 1.85. The van der Waals surface area contributed by atoms with Gasteiger partial charge >= 0.3 is 0 Å². The Hall–Kier alpha value is -2.30. The molecule has 3 N–H and O–H groups in total. The molecule has 1 heterocycles. The minimum atomic E-state index is -0.0716. The number of nitrogens with zero attached hydrogens (tertiary/aromatic N) is 2. The van der Waals surface area contributed by atoms with Crippen molar-refractivity contribution in [3.05, 3.63) is 52.1 Å². The molecule has 0 bridgehead atoms. The fourth-order valence-corrected chi connectivity index (χ4v) is 2.37. The first-order valence-electron chi connectivity index (χ1n) is 7.36. The number of rotatable bonds is 5. The molecule has 5 nitrogen and oxygen atoms in total. The summed E-state index contributed by atoms with van der Waals surface area (Å²) in [7, 11) is 0. The van der Waals surface area contributed by atoms with Crippen LogP contribution in [0.3, 0.4) is 0 Å². The van der Waals surface area contributed by atoms with Crippen molar-refractivity contribution in [1.29, 1.82) is 0 Å². The summed E-state index contributed by atoms with van der Waals surface area (Å²) in [4.78, 5) is 21.4. The molecule has 0 radical (unpaired) electrons. The second kappa shape index (κ2) is 5.60. The van der Waals surface area contributed by atoms with Gasteiger partial charge in [-0.3, -0.25) is 4.79 Å². The van der Waals surface area contributed by atoms with E-state index in [1.54, 1.807) is 6.07 Å². The minimum absolute atomic E-state index is 0.0716. The van der Waals surface area contributed by atoms with Crippen molar-refractivity contribution in [3.63, 3.8) is 0 Å². The monoisotopic (exact) mass is 284 g/mol. The van der Waals surface area contributed by atoms with Gasteiger partial charge in [-0.15, -0.1) is 0 Å². The van der Waals surface area contributed by atoms with E-state index in [4.69, 9.17) is 5.73 Å². The van der Waals surface area contributed by atoms with Gasteiger partial charge in [0.15, 0.2) is 0 Å². The number of aromatic amines is 1. The zero-order valence-electron chi connectivity index (χ0n) is 12.2. The zero-order valence-corrected chi connectivity index (χ0v) is 12.2. The molecule has 2 aromatic rings. The highest BCUT2D eigenvalue weighted by molar-refractivity contribution is 5.43. The Morgan fingerprint density at radius 1 is 1.33 bits per heavy atom. The average Bonchev–Trinajstić information content (AvgIpc) is 3.30. The third-order valence-corrected chi connectivity index (χ3v) is 3.77. The van der Waals surface area contributed by atoms with E-state index in [2.05, 4.69) is 21.8 Å². The van der Waals surface area contributed by atoms with Gasteiger partial charge in [-0.2, -0.15) is 0 Å².